The van der Waals surface area contributed by atoms with Gasteiger partial charge in [-0.3, -0.25) is 4.79 Å². The Labute approximate surface area is 129 Å². The van der Waals surface area contributed by atoms with E-state index in [1.807, 2.05) is 0 Å². The molecular formula is C14H15F2N3O2S. The molecule has 0 aliphatic carbocycles. The molecular weight excluding hydrogens is 312 g/mol. The molecule has 118 valence electrons. The lowest BCUT2D eigenvalue weighted by atomic mass is 10.2. The molecule has 2 N–H and O–H groups in total. The van der Waals surface area contributed by atoms with Crippen LogP contribution in [0.2, 0.25) is 0 Å². The molecule has 0 bridgehead atoms. The summed E-state index contributed by atoms with van der Waals surface area (Å²) in [5.74, 6) is -1.82. The highest BCUT2D eigenvalue weighted by Crippen LogP contribution is 2.21. The fourth-order valence-corrected chi connectivity index (χ4v) is 2.98. The second kappa shape index (κ2) is 6.62. The number of ether oxygens (including phenoxy) is 1. The molecule has 1 atom stereocenters. The van der Waals surface area contributed by atoms with Gasteiger partial charge in [0, 0.05) is 25.3 Å². The number of benzene rings is 1. The van der Waals surface area contributed by atoms with Crippen LogP contribution in [0.3, 0.4) is 0 Å². The summed E-state index contributed by atoms with van der Waals surface area (Å²) in [5.41, 5.74) is 0.738. The second-order valence-corrected chi connectivity index (χ2v) is 6.02. The third-order valence-corrected chi connectivity index (χ3v) is 4.27. The molecule has 1 amide bonds. The number of fused-ring (bicyclic) bond motifs is 1. The van der Waals surface area contributed by atoms with Crippen molar-refractivity contribution in [1.29, 1.82) is 0 Å². The van der Waals surface area contributed by atoms with Crippen molar-refractivity contribution in [2.45, 2.75) is 24.1 Å². The Balaban J connectivity index is 1.53. The van der Waals surface area contributed by atoms with Gasteiger partial charge in [0.25, 0.3) is 0 Å². The lowest BCUT2D eigenvalue weighted by Gasteiger charge is -2.10. The van der Waals surface area contributed by atoms with Gasteiger partial charge in [-0.05, 0) is 12.8 Å². The molecule has 2 heterocycles. The molecule has 1 unspecified atom stereocenters. The van der Waals surface area contributed by atoms with E-state index in [1.54, 1.807) is 0 Å². The first-order chi connectivity index (χ1) is 10.6. The minimum absolute atomic E-state index is 0.103. The standard InChI is InChI=1S/C14H15F2N3O2S/c15-9-4-11-12(5-10(9)16)19-14(18-11)22-7-13(20)17-6-8-2-1-3-21-8/h4-5,8H,1-3,6-7H2,(H,17,20)(H,18,19). The van der Waals surface area contributed by atoms with Gasteiger partial charge in [0.2, 0.25) is 5.91 Å². The van der Waals surface area contributed by atoms with E-state index in [-0.39, 0.29) is 17.8 Å². The number of carbonyl (C=O) groups excluding carboxylic acids is 1. The first-order valence-corrected chi connectivity index (χ1v) is 7.96. The highest BCUT2D eigenvalue weighted by molar-refractivity contribution is 7.99. The summed E-state index contributed by atoms with van der Waals surface area (Å²) in [7, 11) is 0. The van der Waals surface area contributed by atoms with Crippen molar-refractivity contribution in [1.82, 2.24) is 15.3 Å². The van der Waals surface area contributed by atoms with Gasteiger partial charge in [-0.25, -0.2) is 13.8 Å². The van der Waals surface area contributed by atoms with E-state index >= 15 is 0 Å². The zero-order valence-electron chi connectivity index (χ0n) is 11.7. The maximum atomic E-state index is 13.1. The van der Waals surface area contributed by atoms with Crippen molar-refractivity contribution in [2.75, 3.05) is 18.9 Å². The van der Waals surface area contributed by atoms with Crippen LogP contribution >= 0.6 is 11.8 Å². The van der Waals surface area contributed by atoms with Crippen molar-refractivity contribution in [3.05, 3.63) is 23.8 Å². The van der Waals surface area contributed by atoms with Crippen molar-refractivity contribution >= 4 is 28.7 Å². The molecule has 3 rings (SSSR count). The number of aromatic nitrogens is 2. The zero-order valence-corrected chi connectivity index (χ0v) is 12.5. The van der Waals surface area contributed by atoms with Crippen molar-refractivity contribution in [3.63, 3.8) is 0 Å². The third-order valence-electron chi connectivity index (χ3n) is 3.39. The van der Waals surface area contributed by atoms with Gasteiger partial charge in [-0.2, -0.15) is 0 Å². The Bertz CT molecular complexity index is 647. The third kappa shape index (κ3) is 3.56. The first kappa shape index (κ1) is 15.2. The Morgan fingerprint density at radius 2 is 2.27 bits per heavy atom. The SMILES string of the molecule is O=C(CSc1nc2cc(F)c(F)cc2[nH]1)NCC1CCCO1. The molecule has 22 heavy (non-hydrogen) atoms. The maximum absolute atomic E-state index is 13.1. The molecule has 2 aromatic rings. The normalized spacial score (nSPS) is 18.0. The van der Waals surface area contributed by atoms with Crippen molar-refractivity contribution in [2.24, 2.45) is 0 Å². The molecule has 1 aromatic carbocycles. The number of H-pyrrole nitrogens is 1. The van der Waals surface area contributed by atoms with Gasteiger partial charge in [0.1, 0.15) is 0 Å². The Morgan fingerprint density at radius 1 is 1.45 bits per heavy atom. The Kier molecular flexibility index (Phi) is 4.58. The predicted octanol–water partition coefficient (Wildman–Crippen LogP) is 2.23. The number of carbonyl (C=O) groups is 1. The van der Waals surface area contributed by atoms with Gasteiger partial charge in [-0.15, -0.1) is 0 Å². The van der Waals surface area contributed by atoms with Crippen LogP contribution in [-0.2, 0) is 9.53 Å². The lowest BCUT2D eigenvalue weighted by Crippen LogP contribution is -2.32. The van der Waals surface area contributed by atoms with Gasteiger partial charge in [0.15, 0.2) is 16.8 Å². The van der Waals surface area contributed by atoms with Crippen LogP contribution in [0, 0.1) is 11.6 Å². The number of nitrogens with zero attached hydrogens (tertiary/aromatic N) is 1. The van der Waals surface area contributed by atoms with E-state index < -0.39 is 11.6 Å². The highest BCUT2D eigenvalue weighted by atomic mass is 32.2. The highest BCUT2D eigenvalue weighted by Gasteiger charge is 2.16. The fourth-order valence-electron chi connectivity index (χ4n) is 2.27. The van der Waals surface area contributed by atoms with E-state index in [0.29, 0.717) is 22.7 Å². The number of rotatable bonds is 5. The Hall–Kier alpha value is -1.67. The molecule has 1 aromatic heterocycles. The molecule has 0 radical (unpaired) electrons. The van der Waals surface area contributed by atoms with E-state index in [1.165, 1.54) is 11.8 Å². The second-order valence-electron chi connectivity index (χ2n) is 5.05. The van der Waals surface area contributed by atoms with Crippen LogP contribution in [-0.4, -0.2) is 40.9 Å². The van der Waals surface area contributed by atoms with Crippen molar-refractivity contribution < 1.29 is 18.3 Å². The van der Waals surface area contributed by atoms with Gasteiger partial charge in [0.05, 0.1) is 22.9 Å². The minimum atomic E-state index is -0.940. The van der Waals surface area contributed by atoms with Crippen molar-refractivity contribution in [3.8, 4) is 0 Å². The minimum Gasteiger partial charge on any atom is -0.376 e. The fraction of sp³-hybridized carbons (Fsp3) is 0.429. The number of thioether (sulfide) groups is 1. The summed E-state index contributed by atoms with van der Waals surface area (Å²) in [6.07, 6.45) is 2.10. The van der Waals surface area contributed by atoms with Crippen LogP contribution in [0.15, 0.2) is 17.3 Å². The number of imidazole rings is 1. The molecule has 1 fully saturated rings. The van der Waals surface area contributed by atoms with E-state index in [2.05, 4.69) is 15.3 Å². The summed E-state index contributed by atoms with van der Waals surface area (Å²) >= 11 is 1.18. The van der Waals surface area contributed by atoms with E-state index in [9.17, 15) is 13.6 Å². The number of hydrogen-bond acceptors (Lipinski definition) is 4. The van der Waals surface area contributed by atoms with Crippen LogP contribution in [0.4, 0.5) is 8.78 Å². The average molecular weight is 327 g/mol. The van der Waals surface area contributed by atoms with Crippen LogP contribution < -0.4 is 5.32 Å². The summed E-state index contributed by atoms with van der Waals surface area (Å²) in [4.78, 5) is 18.7. The topological polar surface area (TPSA) is 67.0 Å². The molecule has 1 aliphatic heterocycles. The summed E-state index contributed by atoms with van der Waals surface area (Å²) < 4.78 is 31.6. The molecule has 1 aliphatic rings. The largest absolute Gasteiger partial charge is 0.376 e. The average Bonchev–Trinajstić information content (AvgIpc) is 3.13. The van der Waals surface area contributed by atoms with Gasteiger partial charge >= 0.3 is 0 Å². The molecule has 8 heteroatoms. The summed E-state index contributed by atoms with van der Waals surface area (Å²) in [5, 5.41) is 3.25. The molecule has 5 nitrogen and oxygen atoms in total. The monoisotopic (exact) mass is 327 g/mol. The first-order valence-electron chi connectivity index (χ1n) is 6.97. The number of hydrogen-bond donors (Lipinski definition) is 2. The van der Waals surface area contributed by atoms with Gasteiger partial charge in [-0.1, -0.05) is 11.8 Å². The molecule has 0 saturated carbocycles. The van der Waals surface area contributed by atoms with Crippen LogP contribution in [0.25, 0.3) is 11.0 Å². The van der Waals surface area contributed by atoms with Crippen LogP contribution in [0.5, 0.6) is 0 Å². The van der Waals surface area contributed by atoms with Gasteiger partial charge < -0.3 is 15.0 Å². The Morgan fingerprint density at radius 3 is 3.05 bits per heavy atom. The van der Waals surface area contributed by atoms with E-state index in [0.717, 1.165) is 31.6 Å². The predicted molar refractivity (Wildman–Crippen MR) is 78.7 cm³/mol. The summed E-state index contributed by atoms with van der Waals surface area (Å²) in [6.45, 7) is 1.26. The maximum Gasteiger partial charge on any atom is 0.230 e. The number of aromatic amines is 1. The number of nitrogens with one attached hydrogen (secondary N) is 2. The lowest BCUT2D eigenvalue weighted by molar-refractivity contribution is -0.119. The zero-order chi connectivity index (χ0) is 15.5. The van der Waals surface area contributed by atoms with Crippen LogP contribution in [0.1, 0.15) is 12.8 Å². The molecule has 1 saturated heterocycles. The number of halogens is 2. The number of amides is 1. The van der Waals surface area contributed by atoms with E-state index in [4.69, 9.17) is 4.74 Å². The molecule has 0 spiro atoms. The summed E-state index contributed by atoms with van der Waals surface area (Å²) in [6, 6.07) is 2.09. The smallest absolute Gasteiger partial charge is 0.230 e. The quantitative estimate of drug-likeness (QED) is 0.827.